The molecule has 3 aromatic rings. The largest absolute Gasteiger partial charge is 0.416 e. The summed E-state index contributed by atoms with van der Waals surface area (Å²) in [5.41, 5.74) is -1.86. The van der Waals surface area contributed by atoms with E-state index in [1.165, 1.54) is 19.2 Å². The summed E-state index contributed by atoms with van der Waals surface area (Å²) in [4.78, 5) is 25.1. The molecule has 0 bridgehead atoms. The van der Waals surface area contributed by atoms with E-state index in [-0.39, 0.29) is 22.5 Å². The average Bonchev–Trinajstić information content (AvgIpc) is 2.58. The SMILES string of the molecule is Cn1c(=O)n(Cc2ccc(Cl)c(Cl)c2)c(=O)c2ccc(C(F)(F)F)cc21. The van der Waals surface area contributed by atoms with Crippen molar-refractivity contribution in [2.75, 3.05) is 0 Å². The zero-order valence-corrected chi connectivity index (χ0v) is 14.8. The summed E-state index contributed by atoms with van der Waals surface area (Å²) in [6, 6.07) is 7.35. The van der Waals surface area contributed by atoms with Crippen molar-refractivity contribution in [1.82, 2.24) is 9.13 Å². The van der Waals surface area contributed by atoms with Crippen LogP contribution in [0.1, 0.15) is 11.1 Å². The third kappa shape index (κ3) is 3.24. The predicted octanol–water partition coefficient (Wildman–Crippen LogP) is 4.07. The van der Waals surface area contributed by atoms with Gasteiger partial charge in [-0.1, -0.05) is 29.3 Å². The van der Waals surface area contributed by atoms with Gasteiger partial charge in [-0.25, -0.2) is 4.79 Å². The summed E-state index contributed by atoms with van der Waals surface area (Å²) >= 11 is 11.8. The molecule has 0 aliphatic heterocycles. The van der Waals surface area contributed by atoms with Gasteiger partial charge in [0.15, 0.2) is 0 Å². The van der Waals surface area contributed by atoms with E-state index in [4.69, 9.17) is 23.2 Å². The first-order valence-corrected chi connectivity index (χ1v) is 8.10. The molecule has 0 unspecified atom stereocenters. The Morgan fingerprint density at radius 1 is 1.00 bits per heavy atom. The molecular formula is C17H11Cl2F3N2O2. The van der Waals surface area contributed by atoms with Crippen molar-refractivity contribution in [3.63, 3.8) is 0 Å². The molecule has 0 saturated heterocycles. The molecule has 0 radical (unpaired) electrons. The van der Waals surface area contributed by atoms with Gasteiger partial charge in [-0.2, -0.15) is 13.2 Å². The van der Waals surface area contributed by atoms with Crippen molar-refractivity contribution in [2.45, 2.75) is 12.7 Å². The second-order valence-corrected chi connectivity index (χ2v) is 6.53. The normalized spacial score (nSPS) is 11.9. The molecule has 0 aliphatic rings. The highest BCUT2D eigenvalue weighted by Gasteiger charge is 2.31. The number of fused-ring (bicyclic) bond motifs is 1. The van der Waals surface area contributed by atoms with Crippen LogP contribution >= 0.6 is 23.2 Å². The van der Waals surface area contributed by atoms with E-state index in [9.17, 15) is 22.8 Å². The van der Waals surface area contributed by atoms with Gasteiger partial charge in [-0.15, -0.1) is 0 Å². The molecule has 0 N–H and O–H groups in total. The van der Waals surface area contributed by atoms with Crippen LogP contribution in [0.3, 0.4) is 0 Å². The zero-order valence-electron chi connectivity index (χ0n) is 13.3. The van der Waals surface area contributed by atoms with Gasteiger partial charge in [0.2, 0.25) is 0 Å². The maximum absolute atomic E-state index is 12.9. The molecule has 1 heterocycles. The van der Waals surface area contributed by atoms with Crippen molar-refractivity contribution < 1.29 is 13.2 Å². The van der Waals surface area contributed by atoms with E-state index >= 15 is 0 Å². The number of aryl methyl sites for hydroxylation is 1. The third-order valence-electron chi connectivity index (χ3n) is 4.00. The Labute approximate surface area is 155 Å². The smallest absolute Gasteiger partial charge is 0.296 e. The van der Waals surface area contributed by atoms with Gasteiger partial charge in [-0.3, -0.25) is 13.9 Å². The van der Waals surface area contributed by atoms with Gasteiger partial charge >= 0.3 is 11.9 Å². The van der Waals surface area contributed by atoms with E-state index in [1.54, 1.807) is 6.07 Å². The topological polar surface area (TPSA) is 44.0 Å². The van der Waals surface area contributed by atoms with Gasteiger partial charge < -0.3 is 0 Å². The minimum absolute atomic E-state index is 0.0140. The van der Waals surface area contributed by atoms with Gasteiger partial charge in [0.05, 0.1) is 33.1 Å². The number of halogens is 5. The quantitative estimate of drug-likeness (QED) is 0.648. The van der Waals surface area contributed by atoms with Crippen molar-refractivity contribution >= 4 is 34.1 Å². The van der Waals surface area contributed by atoms with Gasteiger partial charge in [-0.05, 0) is 35.9 Å². The van der Waals surface area contributed by atoms with Gasteiger partial charge in [0, 0.05) is 7.05 Å². The summed E-state index contributed by atoms with van der Waals surface area (Å²) in [6.07, 6.45) is -4.57. The first-order chi connectivity index (χ1) is 12.1. The average molecular weight is 403 g/mol. The standard InChI is InChI=1S/C17H11Cl2F3N2O2/c1-23-14-7-10(17(20,21)22)3-4-11(14)15(25)24(16(23)26)8-9-2-5-12(18)13(19)6-9/h2-7H,8H2,1H3. The Balaban J connectivity index is 2.20. The Bertz CT molecular complexity index is 1130. The first kappa shape index (κ1) is 18.5. The second kappa shape index (κ2) is 6.48. The monoisotopic (exact) mass is 402 g/mol. The number of hydrogen-bond donors (Lipinski definition) is 0. The molecule has 0 fully saturated rings. The van der Waals surface area contributed by atoms with Gasteiger partial charge in [0.25, 0.3) is 5.56 Å². The van der Waals surface area contributed by atoms with Crippen LogP contribution < -0.4 is 11.2 Å². The molecule has 0 aliphatic carbocycles. The third-order valence-corrected chi connectivity index (χ3v) is 4.74. The highest BCUT2D eigenvalue weighted by Crippen LogP contribution is 2.30. The van der Waals surface area contributed by atoms with E-state index in [0.29, 0.717) is 10.6 Å². The van der Waals surface area contributed by atoms with E-state index in [0.717, 1.165) is 27.3 Å². The molecule has 0 atom stereocenters. The number of aromatic nitrogens is 2. The van der Waals surface area contributed by atoms with Crippen molar-refractivity contribution in [3.05, 3.63) is 78.4 Å². The molecular weight excluding hydrogens is 392 g/mol. The number of benzene rings is 2. The first-order valence-electron chi connectivity index (χ1n) is 7.34. The number of nitrogens with zero attached hydrogens (tertiary/aromatic N) is 2. The van der Waals surface area contributed by atoms with Gasteiger partial charge in [0.1, 0.15) is 0 Å². The molecule has 9 heteroatoms. The summed E-state index contributed by atoms with van der Waals surface area (Å²) < 4.78 is 40.6. The minimum Gasteiger partial charge on any atom is -0.296 e. The summed E-state index contributed by atoms with van der Waals surface area (Å²) in [5.74, 6) is 0. The molecule has 0 amide bonds. The fourth-order valence-corrected chi connectivity index (χ4v) is 2.96. The Hall–Kier alpha value is -2.25. The molecule has 2 aromatic carbocycles. The molecule has 136 valence electrons. The Kier molecular flexibility index (Phi) is 4.62. The van der Waals surface area contributed by atoms with Crippen LogP contribution in [0.2, 0.25) is 10.0 Å². The van der Waals surface area contributed by atoms with Crippen molar-refractivity contribution in [2.24, 2.45) is 7.05 Å². The highest BCUT2D eigenvalue weighted by atomic mass is 35.5. The molecule has 4 nitrogen and oxygen atoms in total. The fraction of sp³-hybridized carbons (Fsp3) is 0.176. The second-order valence-electron chi connectivity index (χ2n) is 5.71. The summed E-state index contributed by atoms with van der Waals surface area (Å²) in [5, 5.41) is 0.610. The minimum atomic E-state index is -4.57. The van der Waals surface area contributed by atoms with Crippen LogP contribution in [0.5, 0.6) is 0 Å². The summed E-state index contributed by atoms with van der Waals surface area (Å²) in [7, 11) is 1.32. The lowest BCUT2D eigenvalue weighted by atomic mass is 10.1. The van der Waals surface area contributed by atoms with Crippen LogP contribution in [0, 0.1) is 0 Å². The highest BCUT2D eigenvalue weighted by molar-refractivity contribution is 6.42. The molecule has 0 spiro atoms. The molecule has 1 aromatic heterocycles. The predicted molar refractivity (Wildman–Crippen MR) is 94.0 cm³/mol. The molecule has 0 saturated carbocycles. The lowest BCUT2D eigenvalue weighted by Crippen LogP contribution is -2.39. The lowest BCUT2D eigenvalue weighted by molar-refractivity contribution is -0.137. The van der Waals surface area contributed by atoms with E-state index in [2.05, 4.69) is 0 Å². The lowest BCUT2D eigenvalue weighted by Gasteiger charge is -2.13. The van der Waals surface area contributed by atoms with E-state index < -0.39 is 23.0 Å². The van der Waals surface area contributed by atoms with Crippen LogP contribution in [0.4, 0.5) is 13.2 Å². The van der Waals surface area contributed by atoms with Crippen molar-refractivity contribution in [3.8, 4) is 0 Å². The fourth-order valence-electron chi connectivity index (χ4n) is 2.64. The van der Waals surface area contributed by atoms with Crippen LogP contribution in [-0.2, 0) is 19.8 Å². The van der Waals surface area contributed by atoms with Crippen molar-refractivity contribution in [1.29, 1.82) is 0 Å². The number of alkyl halides is 3. The van der Waals surface area contributed by atoms with Crippen LogP contribution in [0.15, 0.2) is 46.0 Å². The van der Waals surface area contributed by atoms with E-state index in [1.807, 2.05) is 0 Å². The molecule has 3 rings (SSSR count). The maximum atomic E-state index is 12.9. The zero-order chi connectivity index (χ0) is 19.2. The molecule has 26 heavy (non-hydrogen) atoms. The number of hydrogen-bond acceptors (Lipinski definition) is 2. The number of rotatable bonds is 2. The maximum Gasteiger partial charge on any atom is 0.416 e. The van der Waals surface area contributed by atoms with Crippen LogP contribution in [0.25, 0.3) is 10.9 Å². The van der Waals surface area contributed by atoms with Crippen LogP contribution in [-0.4, -0.2) is 9.13 Å². The summed E-state index contributed by atoms with van der Waals surface area (Å²) in [6.45, 7) is -0.0840. The Morgan fingerprint density at radius 2 is 1.69 bits per heavy atom. The Morgan fingerprint density at radius 3 is 2.31 bits per heavy atom.